The van der Waals surface area contributed by atoms with Crippen molar-refractivity contribution in [2.45, 2.75) is 62.7 Å². The average molecular weight is 525 g/mol. The Hall–Kier alpha value is -2.44. The van der Waals surface area contributed by atoms with E-state index in [0.717, 1.165) is 37.7 Å². The number of carboxylic acids is 1. The highest BCUT2D eigenvalue weighted by molar-refractivity contribution is 8.76. The second kappa shape index (κ2) is 13.0. The SMILES string of the molecule is N[C@@H](Cc1ccc(O)cc1)C(=O)N[C@H]1CSSC[C@@H](C(=O)O)NC(=O)[C@H](C2CCCCC2)NC1=O. The van der Waals surface area contributed by atoms with Crippen LogP contribution in [0.4, 0.5) is 0 Å². The summed E-state index contributed by atoms with van der Waals surface area (Å²) in [6, 6.07) is 2.54. The number of carbonyl (C=O) groups is 4. The zero-order valence-corrected chi connectivity index (χ0v) is 20.9. The molecule has 1 aliphatic carbocycles. The van der Waals surface area contributed by atoms with Crippen LogP contribution in [-0.2, 0) is 25.6 Å². The number of phenols is 1. The highest BCUT2D eigenvalue weighted by Crippen LogP contribution is 2.28. The number of phenolic OH excluding ortho intramolecular Hbond substituents is 1. The smallest absolute Gasteiger partial charge is 0.327 e. The van der Waals surface area contributed by atoms with E-state index in [2.05, 4.69) is 16.0 Å². The maximum absolute atomic E-state index is 13.2. The van der Waals surface area contributed by atoms with Gasteiger partial charge in [0.15, 0.2) is 0 Å². The summed E-state index contributed by atoms with van der Waals surface area (Å²) in [4.78, 5) is 50.7. The Labute approximate surface area is 211 Å². The molecule has 3 rings (SSSR count). The van der Waals surface area contributed by atoms with Crippen LogP contribution in [0.25, 0.3) is 0 Å². The predicted octanol–water partition coefficient (Wildman–Crippen LogP) is 0.776. The van der Waals surface area contributed by atoms with Crippen molar-refractivity contribution in [3.05, 3.63) is 29.8 Å². The minimum Gasteiger partial charge on any atom is -0.508 e. The third-order valence-corrected chi connectivity index (χ3v) is 8.65. The quantitative estimate of drug-likeness (QED) is 0.294. The number of nitrogens with two attached hydrogens (primary N) is 1. The fourth-order valence-electron chi connectivity index (χ4n) is 4.23. The number of aliphatic carboxylic acids is 1. The van der Waals surface area contributed by atoms with Crippen LogP contribution in [0.1, 0.15) is 37.7 Å². The normalized spacial score (nSPS) is 25.5. The van der Waals surface area contributed by atoms with Gasteiger partial charge in [-0.2, -0.15) is 0 Å². The zero-order chi connectivity index (χ0) is 25.4. The van der Waals surface area contributed by atoms with E-state index in [4.69, 9.17) is 5.73 Å². The summed E-state index contributed by atoms with van der Waals surface area (Å²) < 4.78 is 0. The third-order valence-electron chi connectivity index (χ3n) is 6.23. The summed E-state index contributed by atoms with van der Waals surface area (Å²) in [5, 5.41) is 27.0. The molecule has 0 radical (unpaired) electrons. The minimum atomic E-state index is -1.13. The van der Waals surface area contributed by atoms with Gasteiger partial charge in [0, 0.05) is 11.5 Å². The first-order valence-electron chi connectivity index (χ1n) is 11.7. The van der Waals surface area contributed by atoms with Gasteiger partial charge in [-0.3, -0.25) is 14.4 Å². The summed E-state index contributed by atoms with van der Waals surface area (Å²) in [5.74, 6) is -2.34. The second-order valence-electron chi connectivity index (χ2n) is 8.89. The van der Waals surface area contributed by atoms with Gasteiger partial charge in [0.2, 0.25) is 17.7 Å². The van der Waals surface area contributed by atoms with E-state index in [1.54, 1.807) is 12.1 Å². The van der Waals surface area contributed by atoms with Gasteiger partial charge < -0.3 is 31.9 Å². The first kappa shape index (κ1) is 27.2. The predicted molar refractivity (Wildman–Crippen MR) is 135 cm³/mol. The molecule has 1 saturated carbocycles. The van der Waals surface area contributed by atoms with Gasteiger partial charge in [-0.1, -0.05) is 53.0 Å². The Morgan fingerprint density at radius 2 is 1.69 bits per heavy atom. The Kier molecular flexibility index (Phi) is 10.1. The lowest BCUT2D eigenvalue weighted by Crippen LogP contribution is -2.59. The molecule has 0 bridgehead atoms. The first-order valence-corrected chi connectivity index (χ1v) is 14.1. The van der Waals surface area contributed by atoms with Gasteiger partial charge in [0.05, 0.1) is 6.04 Å². The van der Waals surface area contributed by atoms with E-state index < -0.39 is 47.9 Å². The summed E-state index contributed by atoms with van der Waals surface area (Å²) in [7, 11) is 2.47. The molecule has 1 aromatic rings. The topological polar surface area (TPSA) is 171 Å². The summed E-state index contributed by atoms with van der Waals surface area (Å²) in [5.41, 5.74) is 6.83. The zero-order valence-electron chi connectivity index (χ0n) is 19.3. The molecule has 35 heavy (non-hydrogen) atoms. The van der Waals surface area contributed by atoms with Crippen LogP contribution in [0.3, 0.4) is 0 Å². The fourth-order valence-corrected chi connectivity index (χ4v) is 6.55. The van der Waals surface area contributed by atoms with Crippen LogP contribution in [0.2, 0.25) is 0 Å². The van der Waals surface area contributed by atoms with E-state index in [-0.39, 0.29) is 29.6 Å². The Morgan fingerprint density at radius 3 is 2.34 bits per heavy atom. The number of carboxylic acid groups (broad SMARTS) is 1. The molecule has 0 spiro atoms. The van der Waals surface area contributed by atoms with Crippen molar-refractivity contribution in [1.29, 1.82) is 0 Å². The molecule has 1 aromatic carbocycles. The van der Waals surface area contributed by atoms with Crippen molar-refractivity contribution >= 4 is 45.3 Å². The van der Waals surface area contributed by atoms with Crippen LogP contribution in [0.5, 0.6) is 5.75 Å². The van der Waals surface area contributed by atoms with E-state index >= 15 is 0 Å². The van der Waals surface area contributed by atoms with Crippen LogP contribution in [0.15, 0.2) is 24.3 Å². The summed E-state index contributed by atoms with van der Waals surface area (Å²) in [6.45, 7) is 0. The standard InChI is InChI=1S/C23H32N4O6S2/c24-16(10-13-6-8-15(28)9-7-13)20(29)25-17-11-34-35-12-18(23(32)33)26-22(31)19(27-21(17)30)14-4-2-1-3-5-14/h6-9,14,16-19,28H,1-5,10-12,24H2,(H,25,29)(H,26,31)(H,27,30)(H,32,33)/t16-,17-,18-,19-/m0/s1. The molecular weight excluding hydrogens is 492 g/mol. The highest BCUT2D eigenvalue weighted by atomic mass is 33.1. The lowest BCUT2D eigenvalue weighted by atomic mass is 9.83. The molecule has 2 aliphatic rings. The van der Waals surface area contributed by atoms with Gasteiger partial charge in [0.25, 0.3) is 0 Å². The second-order valence-corrected chi connectivity index (χ2v) is 11.4. The van der Waals surface area contributed by atoms with E-state index in [1.807, 2.05) is 0 Å². The number of amides is 3. The third kappa shape index (κ3) is 8.04. The molecular formula is C23H32N4O6S2. The van der Waals surface area contributed by atoms with Crippen LogP contribution in [-0.4, -0.2) is 69.6 Å². The van der Waals surface area contributed by atoms with Gasteiger partial charge in [0.1, 0.15) is 23.9 Å². The van der Waals surface area contributed by atoms with Crippen LogP contribution >= 0.6 is 21.6 Å². The van der Waals surface area contributed by atoms with Crippen LogP contribution in [0, 0.1) is 5.92 Å². The van der Waals surface area contributed by atoms with Crippen molar-refractivity contribution in [3.63, 3.8) is 0 Å². The van der Waals surface area contributed by atoms with Crippen molar-refractivity contribution in [1.82, 2.24) is 16.0 Å². The summed E-state index contributed by atoms with van der Waals surface area (Å²) >= 11 is 0. The van der Waals surface area contributed by atoms with Crippen molar-refractivity contribution in [2.24, 2.45) is 11.7 Å². The van der Waals surface area contributed by atoms with E-state index in [0.29, 0.717) is 0 Å². The number of benzene rings is 1. The molecule has 1 heterocycles. The number of carbonyl (C=O) groups excluding carboxylic acids is 3. The molecule has 10 nitrogen and oxygen atoms in total. The van der Waals surface area contributed by atoms with Gasteiger partial charge in [-0.15, -0.1) is 0 Å². The maximum Gasteiger partial charge on any atom is 0.327 e. The maximum atomic E-state index is 13.2. The molecule has 0 unspecified atom stereocenters. The molecule has 192 valence electrons. The van der Waals surface area contributed by atoms with Gasteiger partial charge >= 0.3 is 5.97 Å². The summed E-state index contributed by atoms with van der Waals surface area (Å²) in [6.07, 6.45) is 4.66. The molecule has 1 saturated heterocycles. The monoisotopic (exact) mass is 524 g/mol. The number of hydrogen-bond donors (Lipinski definition) is 6. The van der Waals surface area contributed by atoms with Crippen molar-refractivity contribution < 1.29 is 29.4 Å². The Morgan fingerprint density at radius 1 is 1.03 bits per heavy atom. The van der Waals surface area contributed by atoms with Gasteiger partial charge in [-0.05, 0) is 42.9 Å². The Balaban J connectivity index is 1.72. The number of hydrogen-bond acceptors (Lipinski definition) is 8. The molecule has 7 N–H and O–H groups in total. The van der Waals surface area contributed by atoms with Crippen molar-refractivity contribution in [3.8, 4) is 5.75 Å². The number of aromatic hydroxyl groups is 1. The number of nitrogens with one attached hydrogen (secondary N) is 3. The minimum absolute atomic E-state index is 0.101. The molecule has 1 aliphatic heterocycles. The average Bonchev–Trinajstić information content (AvgIpc) is 2.86. The lowest BCUT2D eigenvalue weighted by molar-refractivity contribution is -0.142. The molecule has 0 aromatic heterocycles. The Bertz CT molecular complexity index is 910. The lowest BCUT2D eigenvalue weighted by Gasteiger charge is -2.31. The molecule has 2 fully saturated rings. The highest BCUT2D eigenvalue weighted by Gasteiger charge is 2.36. The molecule has 3 amide bonds. The van der Waals surface area contributed by atoms with E-state index in [9.17, 15) is 29.4 Å². The molecule has 12 heteroatoms. The van der Waals surface area contributed by atoms with Crippen LogP contribution < -0.4 is 21.7 Å². The molecule has 4 atom stereocenters. The largest absolute Gasteiger partial charge is 0.508 e. The van der Waals surface area contributed by atoms with E-state index in [1.165, 1.54) is 33.7 Å². The number of rotatable bonds is 6. The first-order chi connectivity index (χ1) is 16.7. The van der Waals surface area contributed by atoms with Gasteiger partial charge in [-0.25, -0.2) is 4.79 Å². The fraction of sp³-hybridized carbons (Fsp3) is 0.565. The van der Waals surface area contributed by atoms with Crippen molar-refractivity contribution in [2.75, 3.05) is 11.5 Å².